The SMILES string of the molecule is CSc1cc(C)[nH]c(=O)c1CNC(=O)c1cc(-c2cscn2)c2c(c1C)OC1(CCC(CN(C)C)CC1)O2. The van der Waals surface area contributed by atoms with Crippen molar-refractivity contribution in [3.8, 4) is 22.8 Å². The maximum absolute atomic E-state index is 13.5. The van der Waals surface area contributed by atoms with Gasteiger partial charge in [-0.1, -0.05) is 0 Å². The van der Waals surface area contributed by atoms with E-state index in [1.165, 1.54) is 23.1 Å². The Hall–Kier alpha value is -2.82. The quantitative estimate of drug-likeness (QED) is 0.398. The number of aromatic amines is 1. The molecular formula is C28H34N4O4S2. The van der Waals surface area contributed by atoms with E-state index in [2.05, 4.69) is 34.3 Å². The van der Waals surface area contributed by atoms with E-state index in [0.717, 1.165) is 59.6 Å². The third-order valence-corrected chi connectivity index (χ3v) is 8.77. The van der Waals surface area contributed by atoms with Gasteiger partial charge in [0.1, 0.15) is 0 Å². The predicted molar refractivity (Wildman–Crippen MR) is 152 cm³/mol. The summed E-state index contributed by atoms with van der Waals surface area (Å²) < 4.78 is 13.2. The zero-order chi connectivity index (χ0) is 27.0. The molecule has 5 rings (SSSR count). The maximum Gasteiger partial charge on any atom is 0.254 e. The zero-order valence-electron chi connectivity index (χ0n) is 22.5. The molecule has 1 spiro atoms. The van der Waals surface area contributed by atoms with Crippen LogP contribution in [0.15, 0.2) is 32.7 Å². The number of thioether (sulfide) groups is 1. The fraction of sp³-hybridized carbons (Fsp3) is 0.464. The number of pyridine rings is 1. The zero-order valence-corrected chi connectivity index (χ0v) is 24.1. The number of nitrogens with zero attached hydrogens (tertiary/aromatic N) is 2. The topological polar surface area (TPSA) is 96.5 Å². The van der Waals surface area contributed by atoms with Gasteiger partial charge >= 0.3 is 0 Å². The lowest BCUT2D eigenvalue weighted by Gasteiger charge is -2.36. The van der Waals surface area contributed by atoms with E-state index in [1.807, 2.05) is 37.6 Å². The van der Waals surface area contributed by atoms with E-state index in [9.17, 15) is 9.59 Å². The number of carbonyl (C=O) groups is 1. The van der Waals surface area contributed by atoms with Crippen LogP contribution in [0.4, 0.5) is 0 Å². The third kappa shape index (κ3) is 5.21. The number of aryl methyl sites for hydroxylation is 1. The Bertz CT molecular complexity index is 1390. The molecule has 1 saturated carbocycles. The molecule has 1 fully saturated rings. The number of amides is 1. The van der Waals surface area contributed by atoms with Gasteiger partial charge in [-0.05, 0) is 65.1 Å². The van der Waals surface area contributed by atoms with Crippen molar-refractivity contribution in [1.29, 1.82) is 0 Å². The van der Waals surface area contributed by atoms with E-state index in [0.29, 0.717) is 28.5 Å². The molecule has 0 bridgehead atoms. The fourth-order valence-electron chi connectivity index (χ4n) is 5.44. The van der Waals surface area contributed by atoms with Crippen LogP contribution in [-0.2, 0) is 6.54 Å². The van der Waals surface area contributed by atoms with E-state index in [1.54, 1.807) is 5.51 Å². The number of aromatic nitrogens is 2. The van der Waals surface area contributed by atoms with Crippen LogP contribution in [-0.4, -0.2) is 53.5 Å². The molecule has 1 amide bonds. The van der Waals surface area contributed by atoms with Crippen molar-refractivity contribution in [2.45, 2.75) is 56.8 Å². The number of nitrogens with one attached hydrogen (secondary N) is 2. The van der Waals surface area contributed by atoms with Crippen LogP contribution < -0.4 is 20.3 Å². The summed E-state index contributed by atoms with van der Waals surface area (Å²) in [6, 6.07) is 3.76. The summed E-state index contributed by atoms with van der Waals surface area (Å²) in [5.74, 6) is 0.912. The normalized spacial score (nSPS) is 20.3. The first-order valence-corrected chi connectivity index (χ1v) is 15.0. The molecule has 0 saturated heterocycles. The number of H-pyrrole nitrogens is 1. The van der Waals surface area contributed by atoms with Crippen LogP contribution in [0.1, 0.15) is 52.9 Å². The number of hydrogen-bond acceptors (Lipinski definition) is 8. The molecule has 8 nitrogen and oxygen atoms in total. The second kappa shape index (κ2) is 10.7. The Labute approximate surface area is 231 Å². The minimum atomic E-state index is -0.710. The van der Waals surface area contributed by atoms with Gasteiger partial charge in [-0.25, -0.2) is 4.98 Å². The lowest BCUT2D eigenvalue weighted by atomic mass is 9.85. The summed E-state index contributed by atoms with van der Waals surface area (Å²) >= 11 is 2.98. The van der Waals surface area contributed by atoms with Crippen molar-refractivity contribution in [2.24, 2.45) is 5.92 Å². The molecule has 1 aliphatic carbocycles. The molecule has 0 atom stereocenters. The van der Waals surface area contributed by atoms with E-state index >= 15 is 0 Å². The molecule has 2 aliphatic rings. The first-order valence-electron chi connectivity index (χ1n) is 12.8. The lowest BCUT2D eigenvalue weighted by molar-refractivity contribution is -0.114. The summed E-state index contributed by atoms with van der Waals surface area (Å²) in [4.78, 5) is 36.5. The first kappa shape index (κ1) is 26.8. The van der Waals surface area contributed by atoms with Crippen LogP contribution in [0.25, 0.3) is 11.3 Å². The van der Waals surface area contributed by atoms with Gasteiger partial charge in [-0.2, -0.15) is 0 Å². The van der Waals surface area contributed by atoms with E-state index < -0.39 is 5.79 Å². The second-order valence-corrected chi connectivity index (χ2v) is 12.0. The predicted octanol–water partition coefficient (Wildman–Crippen LogP) is 4.99. The smallest absolute Gasteiger partial charge is 0.254 e. The van der Waals surface area contributed by atoms with Crippen LogP contribution in [0.5, 0.6) is 11.5 Å². The third-order valence-electron chi connectivity index (χ3n) is 7.38. The minimum Gasteiger partial charge on any atom is -0.448 e. The van der Waals surface area contributed by atoms with Crippen LogP contribution in [0.2, 0.25) is 0 Å². The highest BCUT2D eigenvalue weighted by molar-refractivity contribution is 7.98. The van der Waals surface area contributed by atoms with Crippen molar-refractivity contribution < 1.29 is 14.3 Å². The Morgan fingerprint density at radius 3 is 2.63 bits per heavy atom. The van der Waals surface area contributed by atoms with Crippen molar-refractivity contribution in [3.05, 3.63) is 55.8 Å². The first-order chi connectivity index (χ1) is 18.2. The van der Waals surface area contributed by atoms with Gasteiger partial charge < -0.3 is 24.7 Å². The molecule has 0 unspecified atom stereocenters. The van der Waals surface area contributed by atoms with E-state index in [4.69, 9.17) is 9.47 Å². The molecule has 10 heteroatoms. The Morgan fingerprint density at radius 1 is 1.24 bits per heavy atom. The number of benzene rings is 1. The standard InChI is InChI=1S/C28H34N4O4S2/c1-16-10-23(37-5)21(27(34)31-16)12-29-26(33)19-11-20(22-14-38-15-30-22)25-24(17(19)2)35-28(36-25)8-6-18(7-9-28)13-32(3)4/h10-11,14-15,18H,6-9,12-13H2,1-5H3,(H,29,33)(H,31,34). The van der Waals surface area contributed by atoms with Gasteiger partial charge in [0.25, 0.3) is 17.3 Å². The maximum atomic E-state index is 13.5. The number of hydrogen-bond donors (Lipinski definition) is 2. The van der Waals surface area contributed by atoms with Crippen LogP contribution in [0, 0.1) is 19.8 Å². The Morgan fingerprint density at radius 2 is 1.97 bits per heavy atom. The second-order valence-electron chi connectivity index (χ2n) is 10.5. The number of rotatable bonds is 7. The molecule has 2 aromatic heterocycles. The van der Waals surface area contributed by atoms with Gasteiger partial charge in [0.2, 0.25) is 0 Å². The largest absolute Gasteiger partial charge is 0.448 e. The molecule has 0 radical (unpaired) electrons. The number of fused-ring (bicyclic) bond motifs is 1. The van der Waals surface area contributed by atoms with Crippen LogP contribution >= 0.6 is 23.1 Å². The van der Waals surface area contributed by atoms with Gasteiger partial charge in [-0.15, -0.1) is 23.1 Å². The molecule has 202 valence electrons. The van der Waals surface area contributed by atoms with Gasteiger partial charge in [0, 0.05) is 64.2 Å². The number of thiazole rings is 1. The average molecular weight is 555 g/mol. The Kier molecular flexibility index (Phi) is 7.57. The monoisotopic (exact) mass is 554 g/mol. The summed E-state index contributed by atoms with van der Waals surface area (Å²) in [5, 5.41) is 4.91. The Balaban J connectivity index is 1.44. The minimum absolute atomic E-state index is 0.127. The average Bonchev–Trinajstić information content (AvgIpc) is 3.53. The lowest BCUT2D eigenvalue weighted by Crippen LogP contribution is -2.43. The van der Waals surface area contributed by atoms with Gasteiger partial charge in [0.15, 0.2) is 11.5 Å². The molecule has 1 aliphatic heterocycles. The molecular weight excluding hydrogens is 520 g/mol. The molecule has 38 heavy (non-hydrogen) atoms. The fourth-order valence-corrected chi connectivity index (χ4v) is 6.70. The van der Waals surface area contributed by atoms with Crippen molar-refractivity contribution in [1.82, 2.24) is 20.2 Å². The highest BCUT2D eigenvalue weighted by Gasteiger charge is 2.47. The molecule has 3 aromatic rings. The van der Waals surface area contributed by atoms with Gasteiger partial charge in [0.05, 0.1) is 11.2 Å². The van der Waals surface area contributed by atoms with Crippen molar-refractivity contribution in [3.63, 3.8) is 0 Å². The summed E-state index contributed by atoms with van der Waals surface area (Å²) in [6.07, 6.45) is 5.56. The summed E-state index contributed by atoms with van der Waals surface area (Å²) in [7, 11) is 4.21. The summed E-state index contributed by atoms with van der Waals surface area (Å²) in [5.41, 5.74) is 5.64. The summed E-state index contributed by atoms with van der Waals surface area (Å²) in [6.45, 7) is 4.92. The molecule has 3 heterocycles. The van der Waals surface area contributed by atoms with Gasteiger partial charge in [-0.3, -0.25) is 9.59 Å². The number of ether oxygens (including phenoxy) is 2. The van der Waals surface area contributed by atoms with Crippen molar-refractivity contribution in [2.75, 3.05) is 26.9 Å². The van der Waals surface area contributed by atoms with E-state index in [-0.39, 0.29) is 18.0 Å². The number of carbonyl (C=O) groups excluding carboxylic acids is 1. The highest BCUT2D eigenvalue weighted by Crippen LogP contribution is 2.53. The molecule has 1 aromatic carbocycles. The van der Waals surface area contributed by atoms with Crippen molar-refractivity contribution >= 4 is 29.0 Å². The van der Waals surface area contributed by atoms with Crippen LogP contribution in [0.3, 0.4) is 0 Å². The molecule has 2 N–H and O–H groups in total. The highest BCUT2D eigenvalue weighted by atomic mass is 32.2.